The van der Waals surface area contributed by atoms with Crippen LogP contribution in [0.15, 0.2) is 52.3 Å². The Kier molecular flexibility index (Phi) is 2.37. The third kappa shape index (κ3) is 1.53. The first kappa shape index (κ1) is 10.4. The molecule has 82 valence electrons. The largest absolute Gasteiger partial charge is 0.606 e. The minimum Gasteiger partial charge on any atom is -0.606 e. The highest BCUT2D eigenvalue weighted by molar-refractivity contribution is 7.91. The van der Waals surface area contributed by atoms with Crippen molar-refractivity contribution in [1.82, 2.24) is 0 Å². The molecule has 1 atom stereocenters. The van der Waals surface area contributed by atoms with Crippen LogP contribution in [0.5, 0.6) is 0 Å². The zero-order valence-electron chi connectivity index (χ0n) is 8.84. The first-order valence-electron chi connectivity index (χ1n) is 5.18. The molecule has 2 nitrogen and oxygen atoms in total. The maximum Gasteiger partial charge on any atom is 0.167 e. The van der Waals surface area contributed by atoms with Crippen LogP contribution >= 0.6 is 0 Å². The van der Waals surface area contributed by atoms with Crippen LogP contribution < -0.4 is 10.4 Å². The van der Waals surface area contributed by atoms with Crippen molar-refractivity contribution in [3.63, 3.8) is 0 Å². The van der Waals surface area contributed by atoms with Crippen molar-refractivity contribution >= 4 is 23.2 Å². The smallest absolute Gasteiger partial charge is 0.167 e. The van der Waals surface area contributed by atoms with Gasteiger partial charge in [0.1, 0.15) is 5.94 Å². The zero-order chi connectivity index (χ0) is 11.8. The maximum absolute atomic E-state index is 12.3. The van der Waals surface area contributed by atoms with Crippen molar-refractivity contribution in [2.45, 2.75) is 9.79 Å². The average molecular weight is 240 g/mol. The minimum absolute atomic E-state index is 0.463. The predicted molar refractivity (Wildman–Crippen MR) is 65.2 cm³/mol. The molecule has 0 bridgehead atoms. The summed E-state index contributed by atoms with van der Waals surface area (Å²) >= 11 is -1.21. The van der Waals surface area contributed by atoms with Gasteiger partial charge in [0, 0.05) is 22.0 Å². The molecule has 0 saturated heterocycles. The standard InChI is InChI=1S/C14H8O2S/c15-9-11-5-3-7-14-12(11)8-10-4-1-2-6-13(10)17(14)16/h1-8H. The van der Waals surface area contributed by atoms with E-state index < -0.39 is 11.2 Å². The Balaban J connectivity index is 2.49. The molecule has 1 heterocycles. The van der Waals surface area contributed by atoms with Crippen molar-refractivity contribution in [3.05, 3.63) is 58.5 Å². The lowest BCUT2D eigenvalue weighted by molar-refractivity contribution is 0.567. The minimum atomic E-state index is -1.21. The van der Waals surface area contributed by atoms with Crippen molar-refractivity contribution in [2.75, 3.05) is 0 Å². The molecule has 0 N–H and O–H groups in total. The number of fused-ring (bicyclic) bond motifs is 2. The Labute approximate surface area is 101 Å². The highest BCUT2D eigenvalue weighted by Gasteiger charge is 2.23. The van der Waals surface area contributed by atoms with Gasteiger partial charge in [0.2, 0.25) is 0 Å². The van der Waals surface area contributed by atoms with Crippen molar-refractivity contribution in [1.29, 1.82) is 0 Å². The average Bonchev–Trinajstić information content (AvgIpc) is 2.38. The first-order valence-corrected chi connectivity index (χ1v) is 6.33. The monoisotopic (exact) mass is 240 g/mol. The second kappa shape index (κ2) is 3.90. The van der Waals surface area contributed by atoms with Crippen molar-refractivity contribution in [2.24, 2.45) is 0 Å². The fourth-order valence-corrected chi connectivity index (χ4v) is 3.34. The number of hydrogen-bond donors (Lipinski definition) is 0. The van der Waals surface area contributed by atoms with Gasteiger partial charge in [0.05, 0.1) is 5.22 Å². The van der Waals surface area contributed by atoms with E-state index in [9.17, 15) is 9.35 Å². The van der Waals surface area contributed by atoms with Crippen LogP contribution in [-0.4, -0.2) is 10.5 Å². The fourth-order valence-electron chi connectivity index (χ4n) is 1.99. The third-order valence-corrected chi connectivity index (χ3v) is 4.32. The summed E-state index contributed by atoms with van der Waals surface area (Å²) in [5.74, 6) is 1.89. The summed E-state index contributed by atoms with van der Waals surface area (Å²) in [6.45, 7) is 0. The first-order chi connectivity index (χ1) is 8.31. The second-order valence-corrected chi connectivity index (χ2v) is 5.19. The number of hydrogen-bond acceptors (Lipinski definition) is 2. The molecule has 17 heavy (non-hydrogen) atoms. The van der Waals surface area contributed by atoms with Gasteiger partial charge in [-0.15, -0.1) is 0 Å². The van der Waals surface area contributed by atoms with E-state index >= 15 is 0 Å². The van der Waals surface area contributed by atoms with E-state index in [2.05, 4.69) is 0 Å². The molecular formula is C14H8O2S. The number of carbonyl (C=O) groups excluding carboxylic acids is 1. The lowest BCUT2D eigenvalue weighted by atomic mass is 10.1. The summed E-state index contributed by atoms with van der Waals surface area (Å²) in [7, 11) is 0. The predicted octanol–water partition coefficient (Wildman–Crippen LogP) is 0.499. The third-order valence-electron chi connectivity index (χ3n) is 2.79. The Morgan fingerprint density at radius 2 is 1.76 bits per heavy atom. The summed E-state index contributed by atoms with van der Waals surface area (Å²) in [5, 5.41) is 1.19. The molecule has 2 aromatic carbocycles. The molecule has 1 aliphatic heterocycles. The topological polar surface area (TPSA) is 40.1 Å². The van der Waals surface area contributed by atoms with Gasteiger partial charge in [-0.05, 0) is 30.3 Å². The van der Waals surface area contributed by atoms with Crippen molar-refractivity contribution < 1.29 is 9.35 Å². The SMILES string of the molecule is O=C=c1cccc2c1=Cc1ccccc1[S+]2[O-]. The Morgan fingerprint density at radius 3 is 2.59 bits per heavy atom. The van der Waals surface area contributed by atoms with Crippen LogP contribution in [0.1, 0.15) is 5.56 Å². The fraction of sp³-hybridized carbons (Fsp3) is 0. The normalized spacial score (nSPS) is 16.4. The molecule has 0 radical (unpaired) electrons. The summed E-state index contributed by atoms with van der Waals surface area (Å²) < 4.78 is 12.3. The Hall–Kier alpha value is -1.80. The van der Waals surface area contributed by atoms with Gasteiger partial charge in [-0.2, -0.15) is 0 Å². The van der Waals surface area contributed by atoms with Crippen LogP contribution in [0, 0.1) is 0 Å². The lowest BCUT2D eigenvalue weighted by Crippen LogP contribution is -2.33. The number of rotatable bonds is 0. The Morgan fingerprint density at radius 1 is 1.00 bits per heavy atom. The van der Waals surface area contributed by atoms with Gasteiger partial charge in [-0.1, -0.05) is 18.2 Å². The van der Waals surface area contributed by atoms with E-state index in [0.717, 1.165) is 15.7 Å². The summed E-state index contributed by atoms with van der Waals surface area (Å²) in [6, 6.07) is 12.7. The van der Waals surface area contributed by atoms with Crippen LogP contribution in [0.4, 0.5) is 0 Å². The van der Waals surface area contributed by atoms with E-state index in [-0.39, 0.29) is 0 Å². The maximum atomic E-state index is 12.3. The summed E-state index contributed by atoms with van der Waals surface area (Å²) in [6.07, 6.45) is 1.90. The summed E-state index contributed by atoms with van der Waals surface area (Å²) in [5.41, 5.74) is 0.904. The zero-order valence-corrected chi connectivity index (χ0v) is 9.66. The van der Waals surface area contributed by atoms with Gasteiger partial charge in [0.25, 0.3) is 0 Å². The molecule has 1 aliphatic rings. The van der Waals surface area contributed by atoms with Crippen LogP contribution in [0.25, 0.3) is 6.08 Å². The van der Waals surface area contributed by atoms with E-state index in [1.165, 1.54) is 0 Å². The molecule has 3 rings (SSSR count). The van der Waals surface area contributed by atoms with Gasteiger partial charge in [-0.25, -0.2) is 4.79 Å². The lowest BCUT2D eigenvalue weighted by Gasteiger charge is -2.16. The molecule has 0 spiro atoms. The molecule has 3 heteroatoms. The molecule has 0 fully saturated rings. The van der Waals surface area contributed by atoms with E-state index in [4.69, 9.17) is 0 Å². The van der Waals surface area contributed by atoms with E-state index in [1.807, 2.05) is 36.3 Å². The molecule has 1 unspecified atom stereocenters. The van der Waals surface area contributed by atoms with Gasteiger partial charge >= 0.3 is 0 Å². The van der Waals surface area contributed by atoms with Crippen LogP contribution in [0.2, 0.25) is 0 Å². The second-order valence-electron chi connectivity index (χ2n) is 3.77. The van der Waals surface area contributed by atoms with Gasteiger partial charge in [-0.3, -0.25) is 0 Å². The quantitative estimate of drug-likeness (QED) is 0.629. The van der Waals surface area contributed by atoms with E-state index in [1.54, 1.807) is 18.2 Å². The molecule has 0 aromatic heterocycles. The van der Waals surface area contributed by atoms with Gasteiger partial charge in [0.15, 0.2) is 9.79 Å². The van der Waals surface area contributed by atoms with Crippen molar-refractivity contribution in [3.8, 4) is 0 Å². The molecule has 0 saturated carbocycles. The van der Waals surface area contributed by atoms with Crippen LogP contribution in [0.3, 0.4) is 0 Å². The summed E-state index contributed by atoms with van der Waals surface area (Å²) in [4.78, 5) is 12.3. The van der Waals surface area contributed by atoms with E-state index in [0.29, 0.717) is 10.1 Å². The Bertz CT molecular complexity index is 730. The molecule has 0 aliphatic carbocycles. The molecular weight excluding hydrogens is 232 g/mol. The highest BCUT2D eigenvalue weighted by Crippen LogP contribution is 2.25. The number of benzene rings is 2. The van der Waals surface area contributed by atoms with Gasteiger partial charge < -0.3 is 4.55 Å². The highest BCUT2D eigenvalue weighted by atomic mass is 32.2. The van der Waals surface area contributed by atoms with Crippen LogP contribution in [-0.2, 0) is 16.0 Å². The molecule has 2 aromatic rings. The molecule has 0 amide bonds.